The van der Waals surface area contributed by atoms with Crippen molar-refractivity contribution in [3.05, 3.63) is 53.5 Å². The van der Waals surface area contributed by atoms with Crippen molar-refractivity contribution in [2.75, 3.05) is 18.1 Å². The predicted octanol–water partition coefficient (Wildman–Crippen LogP) is 2.60. The SMILES string of the molecule is CCOc1cc(CNC(=O)C2CC(=O)N(c3ccc(C)cc3F)C2)ccn1. The van der Waals surface area contributed by atoms with Crippen LogP contribution in [-0.4, -0.2) is 29.9 Å². The standard InChI is InChI=1S/C20H22FN3O3/c1-3-27-18-9-14(6-7-22-18)11-23-20(26)15-10-19(25)24(12-15)17-5-4-13(2)8-16(17)21/h4-9,15H,3,10-12H2,1-2H3,(H,23,26). The number of nitrogens with one attached hydrogen (secondary N) is 1. The summed E-state index contributed by atoms with van der Waals surface area (Å²) in [6.07, 6.45) is 1.69. The van der Waals surface area contributed by atoms with Gasteiger partial charge in [-0.3, -0.25) is 9.59 Å². The van der Waals surface area contributed by atoms with Gasteiger partial charge in [0, 0.05) is 31.8 Å². The van der Waals surface area contributed by atoms with E-state index in [1.807, 2.05) is 6.92 Å². The number of aryl methyl sites for hydroxylation is 1. The molecule has 2 aromatic rings. The first-order valence-corrected chi connectivity index (χ1v) is 8.90. The van der Waals surface area contributed by atoms with E-state index in [0.29, 0.717) is 19.0 Å². The molecule has 142 valence electrons. The molecule has 1 aromatic carbocycles. The molecule has 3 rings (SSSR count). The smallest absolute Gasteiger partial charge is 0.227 e. The predicted molar refractivity (Wildman–Crippen MR) is 98.8 cm³/mol. The van der Waals surface area contributed by atoms with E-state index in [1.165, 1.54) is 11.0 Å². The first-order valence-electron chi connectivity index (χ1n) is 8.90. The van der Waals surface area contributed by atoms with Crippen molar-refractivity contribution < 1.29 is 18.7 Å². The Bertz CT molecular complexity index is 856. The number of carbonyl (C=O) groups is 2. The van der Waals surface area contributed by atoms with Crippen LogP contribution in [0, 0.1) is 18.7 Å². The quantitative estimate of drug-likeness (QED) is 0.847. The van der Waals surface area contributed by atoms with Crippen LogP contribution in [0.4, 0.5) is 10.1 Å². The van der Waals surface area contributed by atoms with Gasteiger partial charge in [0.1, 0.15) is 5.82 Å². The van der Waals surface area contributed by atoms with Gasteiger partial charge in [0.05, 0.1) is 18.2 Å². The van der Waals surface area contributed by atoms with Gasteiger partial charge in [0.2, 0.25) is 17.7 Å². The monoisotopic (exact) mass is 371 g/mol. The molecule has 1 fully saturated rings. The molecule has 0 spiro atoms. The number of hydrogen-bond acceptors (Lipinski definition) is 4. The normalized spacial score (nSPS) is 16.5. The van der Waals surface area contributed by atoms with E-state index in [1.54, 1.807) is 37.4 Å². The van der Waals surface area contributed by atoms with E-state index < -0.39 is 11.7 Å². The highest BCUT2D eigenvalue weighted by Gasteiger charge is 2.36. The number of rotatable bonds is 6. The number of pyridine rings is 1. The van der Waals surface area contributed by atoms with Gasteiger partial charge in [-0.25, -0.2) is 9.37 Å². The summed E-state index contributed by atoms with van der Waals surface area (Å²) in [6, 6.07) is 8.26. The van der Waals surface area contributed by atoms with Crippen molar-refractivity contribution >= 4 is 17.5 Å². The first kappa shape index (κ1) is 18.8. The maximum Gasteiger partial charge on any atom is 0.227 e. The molecule has 27 heavy (non-hydrogen) atoms. The third kappa shape index (κ3) is 4.42. The molecule has 1 saturated heterocycles. The number of halogens is 1. The van der Waals surface area contributed by atoms with Gasteiger partial charge in [-0.2, -0.15) is 0 Å². The minimum atomic E-state index is -0.508. The molecule has 1 atom stereocenters. The lowest BCUT2D eigenvalue weighted by atomic mass is 10.1. The molecule has 0 radical (unpaired) electrons. The van der Waals surface area contributed by atoms with E-state index in [9.17, 15) is 14.0 Å². The molecule has 6 nitrogen and oxygen atoms in total. The first-order chi connectivity index (χ1) is 13.0. The third-order valence-corrected chi connectivity index (χ3v) is 4.45. The Morgan fingerprint density at radius 1 is 1.37 bits per heavy atom. The van der Waals surface area contributed by atoms with Crippen LogP contribution in [0.3, 0.4) is 0 Å². The molecule has 7 heteroatoms. The second kappa shape index (κ2) is 8.16. The van der Waals surface area contributed by atoms with Gasteiger partial charge in [-0.15, -0.1) is 0 Å². The average molecular weight is 371 g/mol. The van der Waals surface area contributed by atoms with Gasteiger partial charge in [-0.05, 0) is 43.2 Å². The van der Waals surface area contributed by atoms with Crippen LogP contribution in [-0.2, 0) is 16.1 Å². The molecule has 0 bridgehead atoms. The summed E-state index contributed by atoms with van der Waals surface area (Å²) in [5, 5.41) is 2.83. The van der Waals surface area contributed by atoms with E-state index >= 15 is 0 Å². The maximum absolute atomic E-state index is 14.2. The molecule has 2 amide bonds. The number of carbonyl (C=O) groups excluding carboxylic acids is 2. The van der Waals surface area contributed by atoms with Gasteiger partial charge >= 0.3 is 0 Å². The van der Waals surface area contributed by atoms with Crippen molar-refractivity contribution in [2.24, 2.45) is 5.92 Å². The lowest BCUT2D eigenvalue weighted by Gasteiger charge is -2.18. The van der Waals surface area contributed by atoms with Crippen LogP contribution in [0.15, 0.2) is 36.5 Å². The van der Waals surface area contributed by atoms with E-state index in [-0.39, 0.29) is 30.5 Å². The second-order valence-electron chi connectivity index (χ2n) is 6.51. The Kier molecular flexibility index (Phi) is 5.69. The number of ether oxygens (including phenoxy) is 1. The summed E-state index contributed by atoms with van der Waals surface area (Å²) in [4.78, 5) is 30.2. The fourth-order valence-electron chi connectivity index (χ4n) is 3.07. The number of benzene rings is 1. The van der Waals surface area contributed by atoms with E-state index in [0.717, 1.165) is 11.1 Å². The number of amides is 2. The average Bonchev–Trinajstić information content (AvgIpc) is 3.02. The molecule has 0 saturated carbocycles. The second-order valence-corrected chi connectivity index (χ2v) is 6.51. The van der Waals surface area contributed by atoms with E-state index in [2.05, 4.69) is 10.3 Å². The lowest BCUT2D eigenvalue weighted by Crippen LogP contribution is -2.32. The topological polar surface area (TPSA) is 71.5 Å². The fraction of sp³-hybridized carbons (Fsp3) is 0.350. The lowest BCUT2D eigenvalue weighted by molar-refractivity contribution is -0.126. The van der Waals surface area contributed by atoms with Crippen molar-refractivity contribution in [3.8, 4) is 5.88 Å². The molecular formula is C20H22FN3O3. The zero-order valence-corrected chi connectivity index (χ0v) is 15.4. The molecule has 1 aliphatic rings. The number of anilines is 1. The molecule has 1 N–H and O–H groups in total. The maximum atomic E-state index is 14.2. The zero-order valence-electron chi connectivity index (χ0n) is 15.4. The van der Waals surface area contributed by atoms with Crippen LogP contribution < -0.4 is 15.0 Å². The largest absolute Gasteiger partial charge is 0.478 e. The van der Waals surface area contributed by atoms with Crippen LogP contribution in [0.25, 0.3) is 0 Å². The van der Waals surface area contributed by atoms with Crippen LogP contribution >= 0.6 is 0 Å². The molecular weight excluding hydrogens is 349 g/mol. The van der Waals surface area contributed by atoms with Crippen molar-refractivity contribution in [1.82, 2.24) is 10.3 Å². The summed E-state index contributed by atoms with van der Waals surface area (Å²) in [5.74, 6) is -0.939. The van der Waals surface area contributed by atoms with Crippen molar-refractivity contribution in [2.45, 2.75) is 26.8 Å². The Labute approximate surface area is 157 Å². The Morgan fingerprint density at radius 3 is 2.93 bits per heavy atom. The van der Waals surface area contributed by atoms with Crippen LogP contribution in [0.2, 0.25) is 0 Å². The molecule has 1 aliphatic heterocycles. The van der Waals surface area contributed by atoms with Gasteiger partial charge in [0.15, 0.2) is 0 Å². The zero-order chi connectivity index (χ0) is 19.4. The minimum absolute atomic E-state index is 0.0691. The fourth-order valence-corrected chi connectivity index (χ4v) is 3.07. The number of hydrogen-bond donors (Lipinski definition) is 1. The third-order valence-electron chi connectivity index (χ3n) is 4.45. The summed E-state index contributed by atoms with van der Waals surface area (Å²) in [5.41, 5.74) is 1.85. The Morgan fingerprint density at radius 2 is 2.19 bits per heavy atom. The molecule has 0 aliphatic carbocycles. The Hall–Kier alpha value is -2.96. The van der Waals surface area contributed by atoms with Gasteiger partial charge in [0.25, 0.3) is 0 Å². The van der Waals surface area contributed by atoms with Crippen molar-refractivity contribution in [3.63, 3.8) is 0 Å². The summed E-state index contributed by atoms with van der Waals surface area (Å²) >= 11 is 0. The summed E-state index contributed by atoms with van der Waals surface area (Å²) in [7, 11) is 0. The van der Waals surface area contributed by atoms with Gasteiger partial charge < -0.3 is 15.0 Å². The summed E-state index contributed by atoms with van der Waals surface area (Å²) < 4.78 is 19.5. The van der Waals surface area contributed by atoms with Crippen LogP contribution in [0.1, 0.15) is 24.5 Å². The highest BCUT2D eigenvalue weighted by Crippen LogP contribution is 2.28. The highest BCUT2D eigenvalue weighted by molar-refractivity contribution is 6.00. The van der Waals surface area contributed by atoms with Crippen LogP contribution in [0.5, 0.6) is 5.88 Å². The molecule has 1 unspecified atom stereocenters. The minimum Gasteiger partial charge on any atom is -0.478 e. The number of aromatic nitrogens is 1. The molecule has 1 aromatic heterocycles. The number of nitrogens with zero attached hydrogens (tertiary/aromatic N) is 2. The molecule has 2 heterocycles. The Balaban J connectivity index is 1.61. The van der Waals surface area contributed by atoms with Gasteiger partial charge in [-0.1, -0.05) is 6.07 Å². The van der Waals surface area contributed by atoms with E-state index in [4.69, 9.17) is 4.74 Å². The summed E-state index contributed by atoms with van der Waals surface area (Å²) in [6.45, 7) is 4.65. The highest BCUT2D eigenvalue weighted by atomic mass is 19.1. The van der Waals surface area contributed by atoms with Crippen molar-refractivity contribution in [1.29, 1.82) is 0 Å².